The average molecular weight is 263 g/mol. The van der Waals surface area contributed by atoms with Crippen LogP contribution in [0.1, 0.15) is 30.1 Å². The summed E-state index contributed by atoms with van der Waals surface area (Å²) in [6.07, 6.45) is 1.89. The second-order valence-electron chi connectivity index (χ2n) is 5.65. The maximum atomic E-state index is 10.3. The molecule has 0 amide bonds. The highest BCUT2D eigenvalue weighted by Gasteiger charge is 2.18. The maximum absolute atomic E-state index is 10.3. The fourth-order valence-corrected chi connectivity index (χ4v) is 2.80. The van der Waals surface area contributed by atoms with Gasteiger partial charge in [0.15, 0.2) is 0 Å². The number of benzene rings is 1. The molecule has 3 heteroatoms. The molecule has 0 aromatic heterocycles. The van der Waals surface area contributed by atoms with Crippen LogP contribution >= 0.6 is 0 Å². The van der Waals surface area contributed by atoms with Gasteiger partial charge < -0.3 is 14.7 Å². The van der Waals surface area contributed by atoms with Crippen LogP contribution in [0.25, 0.3) is 0 Å². The fourth-order valence-electron chi connectivity index (χ4n) is 2.80. The van der Waals surface area contributed by atoms with Gasteiger partial charge in [0.25, 0.3) is 0 Å². The molecule has 1 aromatic carbocycles. The molecule has 1 heterocycles. The molecular formula is C16H25NO2. The summed E-state index contributed by atoms with van der Waals surface area (Å²) in [6, 6.07) is 8.07. The molecule has 0 bridgehead atoms. The first-order valence-electron chi connectivity index (χ1n) is 7.16. The second kappa shape index (κ2) is 7.04. The molecular weight excluding hydrogens is 238 g/mol. The molecule has 1 N–H and O–H groups in total. The van der Waals surface area contributed by atoms with E-state index in [1.807, 2.05) is 18.2 Å². The van der Waals surface area contributed by atoms with Crippen LogP contribution in [0.3, 0.4) is 0 Å². The average Bonchev–Trinajstić information content (AvgIpc) is 2.40. The van der Waals surface area contributed by atoms with E-state index in [-0.39, 0.29) is 0 Å². The Balaban J connectivity index is 1.84. The maximum Gasteiger partial charge on any atom is 0.0919 e. The van der Waals surface area contributed by atoms with Crippen molar-refractivity contribution in [3.05, 3.63) is 35.4 Å². The van der Waals surface area contributed by atoms with Crippen molar-refractivity contribution < 1.29 is 9.84 Å². The van der Waals surface area contributed by atoms with Gasteiger partial charge in [-0.05, 0) is 43.9 Å². The van der Waals surface area contributed by atoms with Crippen molar-refractivity contribution in [3.8, 4) is 0 Å². The number of rotatable bonds is 5. The van der Waals surface area contributed by atoms with E-state index in [2.05, 4.69) is 24.9 Å². The SMILES string of the molecule is Cc1ccccc1C(O)CN(C)CC1CCOCC1. The van der Waals surface area contributed by atoms with Crippen LogP contribution in [0.15, 0.2) is 24.3 Å². The molecule has 1 unspecified atom stereocenters. The zero-order valence-corrected chi connectivity index (χ0v) is 12.0. The van der Waals surface area contributed by atoms with Crippen molar-refractivity contribution >= 4 is 0 Å². The summed E-state index contributed by atoms with van der Waals surface area (Å²) >= 11 is 0. The highest BCUT2D eigenvalue weighted by Crippen LogP contribution is 2.20. The minimum atomic E-state index is -0.397. The van der Waals surface area contributed by atoms with Crippen LogP contribution in [0.5, 0.6) is 0 Å². The van der Waals surface area contributed by atoms with Gasteiger partial charge in [-0.1, -0.05) is 24.3 Å². The highest BCUT2D eigenvalue weighted by atomic mass is 16.5. The Morgan fingerprint density at radius 2 is 2.00 bits per heavy atom. The number of hydrogen-bond donors (Lipinski definition) is 1. The van der Waals surface area contributed by atoms with E-state index in [0.29, 0.717) is 12.5 Å². The van der Waals surface area contributed by atoms with Gasteiger partial charge in [0.1, 0.15) is 0 Å². The fraction of sp³-hybridized carbons (Fsp3) is 0.625. The summed E-state index contributed by atoms with van der Waals surface area (Å²) < 4.78 is 5.38. The molecule has 1 saturated heterocycles. The lowest BCUT2D eigenvalue weighted by Gasteiger charge is -2.28. The molecule has 0 spiro atoms. The number of aryl methyl sites for hydroxylation is 1. The van der Waals surface area contributed by atoms with Crippen molar-refractivity contribution in [1.82, 2.24) is 4.90 Å². The van der Waals surface area contributed by atoms with Crippen molar-refractivity contribution in [3.63, 3.8) is 0 Å². The molecule has 106 valence electrons. The minimum absolute atomic E-state index is 0.397. The summed E-state index contributed by atoms with van der Waals surface area (Å²) in [5, 5.41) is 10.3. The third-order valence-electron chi connectivity index (χ3n) is 3.94. The summed E-state index contributed by atoms with van der Waals surface area (Å²) in [7, 11) is 2.09. The number of likely N-dealkylation sites (N-methyl/N-ethyl adjacent to an activating group) is 1. The van der Waals surface area contributed by atoms with Gasteiger partial charge in [0, 0.05) is 26.3 Å². The van der Waals surface area contributed by atoms with E-state index < -0.39 is 6.10 Å². The third kappa shape index (κ3) is 4.30. The smallest absolute Gasteiger partial charge is 0.0919 e. The zero-order chi connectivity index (χ0) is 13.7. The Morgan fingerprint density at radius 1 is 1.32 bits per heavy atom. The molecule has 2 rings (SSSR count). The van der Waals surface area contributed by atoms with Crippen LogP contribution in [0.4, 0.5) is 0 Å². The molecule has 0 radical (unpaired) electrons. The zero-order valence-electron chi connectivity index (χ0n) is 12.0. The predicted octanol–water partition coefficient (Wildman–Crippen LogP) is 2.39. The molecule has 19 heavy (non-hydrogen) atoms. The van der Waals surface area contributed by atoms with E-state index >= 15 is 0 Å². The van der Waals surface area contributed by atoms with E-state index in [0.717, 1.165) is 43.7 Å². The Kier molecular flexibility index (Phi) is 5.37. The Morgan fingerprint density at radius 3 is 2.68 bits per heavy atom. The van der Waals surface area contributed by atoms with Crippen LogP contribution in [-0.2, 0) is 4.74 Å². The first kappa shape index (κ1) is 14.5. The number of hydrogen-bond acceptors (Lipinski definition) is 3. The van der Waals surface area contributed by atoms with Crippen molar-refractivity contribution in [2.75, 3.05) is 33.4 Å². The normalized spacial score (nSPS) is 18.7. The van der Waals surface area contributed by atoms with Crippen LogP contribution in [0, 0.1) is 12.8 Å². The molecule has 3 nitrogen and oxygen atoms in total. The number of ether oxygens (including phenoxy) is 1. The first-order valence-corrected chi connectivity index (χ1v) is 7.16. The van der Waals surface area contributed by atoms with E-state index in [4.69, 9.17) is 4.74 Å². The van der Waals surface area contributed by atoms with Gasteiger partial charge in [0.05, 0.1) is 6.10 Å². The minimum Gasteiger partial charge on any atom is -0.387 e. The Bertz CT molecular complexity index is 388. The summed E-state index contributed by atoms with van der Waals surface area (Å²) in [5.74, 6) is 0.711. The number of aliphatic hydroxyl groups is 1. The third-order valence-corrected chi connectivity index (χ3v) is 3.94. The predicted molar refractivity (Wildman–Crippen MR) is 77.2 cm³/mol. The highest BCUT2D eigenvalue weighted by molar-refractivity contribution is 5.27. The van der Waals surface area contributed by atoms with Gasteiger partial charge in [-0.15, -0.1) is 0 Å². The Labute approximate surface area is 116 Å². The first-order chi connectivity index (χ1) is 9.16. The molecule has 1 aromatic rings. The molecule has 1 fully saturated rings. The lowest BCUT2D eigenvalue weighted by molar-refractivity contribution is 0.0477. The standard InChI is InChI=1S/C16H25NO2/c1-13-5-3-4-6-15(13)16(18)12-17(2)11-14-7-9-19-10-8-14/h3-6,14,16,18H,7-12H2,1-2H3. The van der Waals surface area contributed by atoms with Gasteiger partial charge >= 0.3 is 0 Å². The van der Waals surface area contributed by atoms with Gasteiger partial charge in [0.2, 0.25) is 0 Å². The van der Waals surface area contributed by atoms with Crippen LogP contribution in [0.2, 0.25) is 0 Å². The molecule has 1 aliphatic rings. The molecule has 1 atom stereocenters. The van der Waals surface area contributed by atoms with E-state index in [1.54, 1.807) is 0 Å². The van der Waals surface area contributed by atoms with Gasteiger partial charge in [-0.25, -0.2) is 0 Å². The summed E-state index contributed by atoms with van der Waals surface area (Å²) in [4.78, 5) is 2.24. The van der Waals surface area contributed by atoms with Crippen LogP contribution in [-0.4, -0.2) is 43.4 Å². The molecule has 0 saturated carbocycles. The lowest BCUT2D eigenvalue weighted by atomic mass is 9.99. The van der Waals surface area contributed by atoms with Crippen molar-refractivity contribution in [2.45, 2.75) is 25.9 Å². The topological polar surface area (TPSA) is 32.7 Å². The lowest BCUT2D eigenvalue weighted by Crippen LogP contribution is -2.32. The van der Waals surface area contributed by atoms with E-state index in [1.165, 1.54) is 0 Å². The Hall–Kier alpha value is -0.900. The summed E-state index contributed by atoms with van der Waals surface area (Å²) in [5.41, 5.74) is 2.20. The second-order valence-corrected chi connectivity index (χ2v) is 5.65. The largest absolute Gasteiger partial charge is 0.387 e. The van der Waals surface area contributed by atoms with Gasteiger partial charge in [-0.3, -0.25) is 0 Å². The van der Waals surface area contributed by atoms with Crippen LogP contribution < -0.4 is 0 Å². The van der Waals surface area contributed by atoms with Crippen molar-refractivity contribution in [2.24, 2.45) is 5.92 Å². The quantitative estimate of drug-likeness (QED) is 0.885. The van der Waals surface area contributed by atoms with Crippen molar-refractivity contribution in [1.29, 1.82) is 0 Å². The van der Waals surface area contributed by atoms with E-state index in [9.17, 15) is 5.11 Å². The van der Waals surface area contributed by atoms with Gasteiger partial charge in [-0.2, -0.15) is 0 Å². The number of aliphatic hydroxyl groups excluding tert-OH is 1. The number of nitrogens with zero attached hydrogens (tertiary/aromatic N) is 1. The molecule has 1 aliphatic heterocycles. The molecule has 0 aliphatic carbocycles. The monoisotopic (exact) mass is 263 g/mol. The summed E-state index contributed by atoms with van der Waals surface area (Å²) in [6.45, 7) is 5.57.